The number of aryl methyl sites for hydroxylation is 2. The molecule has 3 heteroatoms. The highest BCUT2D eigenvalue weighted by Gasteiger charge is 2.16. The number of aliphatic hydroxyl groups is 1. The van der Waals surface area contributed by atoms with Crippen LogP contribution in [0.5, 0.6) is 5.75 Å². The molecule has 0 aliphatic carbocycles. The monoisotopic (exact) mass is 274 g/mol. The predicted molar refractivity (Wildman–Crippen MR) is 77.5 cm³/mol. The first-order valence-electron chi connectivity index (χ1n) is 6.59. The molecular weight excluding hydrogens is 255 g/mol. The summed E-state index contributed by atoms with van der Waals surface area (Å²) in [5.74, 6) is -0.199. The van der Waals surface area contributed by atoms with Gasteiger partial charge in [0.15, 0.2) is 11.6 Å². The van der Waals surface area contributed by atoms with Crippen LogP contribution in [0.2, 0.25) is 0 Å². The van der Waals surface area contributed by atoms with Crippen LogP contribution in [0.4, 0.5) is 4.39 Å². The molecule has 1 unspecified atom stereocenters. The van der Waals surface area contributed by atoms with Crippen molar-refractivity contribution in [3.8, 4) is 5.75 Å². The number of benzene rings is 2. The number of halogens is 1. The van der Waals surface area contributed by atoms with E-state index in [2.05, 4.69) is 0 Å². The summed E-state index contributed by atoms with van der Waals surface area (Å²) in [5.41, 5.74) is 3.38. The van der Waals surface area contributed by atoms with Gasteiger partial charge in [-0.15, -0.1) is 0 Å². The maximum absolute atomic E-state index is 14.1. The van der Waals surface area contributed by atoms with E-state index in [4.69, 9.17) is 4.74 Å². The average Bonchev–Trinajstić information content (AvgIpc) is 2.43. The Morgan fingerprint density at radius 3 is 2.65 bits per heavy atom. The van der Waals surface area contributed by atoms with Crippen LogP contribution < -0.4 is 4.74 Å². The Hall–Kier alpha value is -1.87. The molecule has 0 aromatic heterocycles. The molecule has 0 aliphatic rings. The molecule has 2 rings (SSSR count). The molecule has 0 spiro atoms. The molecule has 2 aromatic rings. The molecule has 2 aromatic carbocycles. The van der Waals surface area contributed by atoms with Gasteiger partial charge < -0.3 is 9.84 Å². The number of hydrogen-bond acceptors (Lipinski definition) is 2. The minimum absolute atomic E-state index is 0.204. The molecule has 0 saturated carbocycles. The van der Waals surface area contributed by atoms with Gasteiger partial charge in [0.2, 0.25) is 0 Å². The molecule has 0 fully saturated rings. The van der Waals surface area contributed by atoms with Gasteiger partial charge in [-0.1, -0.05) is 35.9 Å². The van der Waals surface area contributed by atoms with Crippen molar-refractivity contribution in [3.05, 3.63) is 64.5 Å². The summed E-state index contributed by atoms with van der Waals surface area (Å²) < 4.78 is 19.1. The zero-order chi connectivity index (χ0) is 14.7. The van der Waals surface area contributed by atoms with Crippen molar-refractivity contribution in [1.82, 2.24) is 0 Å². The predicted octanol–water partition coefficient (Wildman–Crippen LogP) is 3.73. The fourth-order valence-electron chi connectivity index (χ4n) is 2.31. The minimum Gasteiger partial charge on any atom is -0.494 e. The zero-order valence-electron chi connectivity index (χ0n) is 12.0. The van der Waals surface area contributed by atoms with Gasteiger partial charge in [0.25, 0.3) is 0 Å². The lowest BCUT2D eigenvalue weighted by Gasteiger charge is -2.16. The zero-order valence-corrected chi connectivity index (χ0v) is 12.0. The quantitative estimate of drug-likeness (QED) is 0.920. The Bertz CT molecular complexity index is 608. The smallest absolute Gasteiger partial charge is 0.168 e. The highest BCUT2D eigenvalue weighted by atomic mass is 19.1. The van der Waals surface area contributed by atoms with E-state index >= 15 is 0 Å². The molecule has 2 nitrogen and oxygen atoms in total. The van der Waals surface area contributed by atoms with Crippen molar-refractivity contribution >= 4 is 0 Å². The van der Waals surface area contributed by atoms with Gasteiger partial charge in [0.1, 0.15) is 0 Å². The summed E-state index contributed by atoms with van der Waals surface area (Å²) in [5, 5.41) is 10.4. The van der Waals surface area contributed by atoms with Gasteiger partial charge in [-0.25, -0.2) is 4.39 Å². The Balaban J connectivity index is 2.28. The van der Waals surface area contributed by atoms with Crippen LogP contribution in [0.25, 0.3) is 0 Å². The normalized spacial score (nSPS) is 12.2. The highest BCUT2D eigenvalue weighted by molar-refractivity contribution is 5.35. The lowest BCUT2D eigenvalue weighted by molar-refractivity contribution is 0.176. The van der Waals surface area contributed by atoms with E-state index in [1.165, 1.54) is 7.11 Å². The molecule has 0 aliphatic heterocycles. The standard InChI is InChI=1S/C17H19FO2/c1-11-7-8-12(2)14(9-11)15(19)10-13-5-4-6-16(20-3)17(13)18/h4-9,15,19H,10H2,1-3H3. The maximum atomic E-state index is 14.1. The molecule has 0 amide bonds. The fraction of sp³-hybridized carbons (Fsp3) is 0.294. The first kappa shape index (κ1) is 14.5. The number of ether oxygens (including phenoxy) is 1. The topological polar surface area (TPSA) is 29.5 Å². The van der Waals surface area contributed by atoms with Gasteiger partial charge in [0.05, 0.1) is 13.2 Å². The van der Waals surface area contributed by atoms with Gasteiger partial charge >= 0.3 is 0 Å². The SMILES string of the molecule is COc1cccc(CC(O)c2cc(C)ccc2C)c1F. The third-order valence-corrected chi connectivity index (χ3v) is 3.47. The molecule has 1 atom stereocenters. The van der Waals surface area contributed by atoms with E-state index in [0.717, 1.165) is 16.7 Å². The minimum atomic E-state index is -0.725. The molecular formula is C17H19FO2. The van der Waals surface area contributed by atoms with E-state index in [9.17, 15) is 9.50 Å². The molecule has 0 saturated heterocycles. The summed E-state index contributed by atoms with van der Waals surface area (Å²) >= 11 is 0. The molecule has 20 heavy (non-hydrogen) atoms. The van der Waals surface area contributed by atoms with Gasteiger partial charge in [-0.05, 0) is 36.6 Å². The van der Waals surface area contributed by atoms with Crippen molar-refractivity contribution in [3.63, 3.8) is 0 Å². The van der Waals surface area contributed by atoms with E-state index in [1.54, 1.807) is 18.2 Å². The van der Waals surface area contributed by atoms with Crippen LogP contribution in [-0.2, 0) is 6.42 Å². The molecule has 1 N–H and O–H groups in total. The van der Waals surface area contributed by atoms with Crippen LogP contribution in [-0.4, -0.2) is 12.2 Å². The summed E-state index contributed by atoms with van der Waals surface area (Å²) in [6.07, 6.45) is -0.496. The van der Waals surface area contributed by atoms with E-state index < -0.39 is 11.9 Å². The summed E-state index contributed by atoms with van der Waals surface area (Å²) in [7, 11) is 1.43. The van der Waals surface area contributed by atoms with Crippen molar-refractivity contribution in [1.29, 1.82) is 0 Å². The van der Waals surface area contributed by atoms with Crippen LogP contribution in [0, 0.1) is 19.7 Å². The van der Waals surface area contributed by atoms with Gasteiger partial charge in [0, 0.05) is 6.42 Å². The van der Waals surface area contributed by atoms with Crippen molar-refractivity contribution in [2.45, 2.75) is 26.4 Å². The number of methoxy groups -OCH3 is 1. The first-order valence-corrected chi connectivity index (χ1v) is 6.59. The van der Waals surface area contributed by atoms with Crippen LogP contribution in [0.1, 0.15) is 28.4 Å². The van der Waals surface area contributed by atoms with Crippen molar-refractivity contribution in [2.24, 2.45) is 0 Å². The largest absolute Gasteiger partial charge is 0.494 e. The first-order chi connectivity index (χ1) is 9.52. The van der Waals surface area contributed by atoms with E-state index in [0.29, 0.717) is 5.56 Å². The van der Waals surface area contributed by atoms with Crippen LogP contribution >= 0.6 is 0 Å². The van der Waals surface area contributed by atoms with Crippen LogP contribution in [0.15, 0.2) is 36.4 Å². The second-order valence-electron chi connectivity index (χ2n) is 5.01. The second-order valence-corrected chi connectivity index (χ2v) is 5.01. The lowest BCUT2D eigenvalue weighted by atomic mass is 9.96. The maximum Gasteiger partial charge on any atom is 0.168 e. The lowest BCUT2D eigenvalue weighted by Crippen LogP contribution is -2.06. The van der Waals surface area contributed by atoms with Crippen LogP contribution in [0.3, 0.4) is 0 Å². The Morgan fingerprint density at radius 1 is 1.20 bits per heavy atom. The van der Waals surface area contributed by atoms with E-state index in [1.807, 2.05) is 32.0 Å². The number of rotatable bonds is 4. The molecule has 0 radical (unpaired) electrons. The summed E-state index contributed by atoms with van der Waals surface area (Å²) in [4.78, 5) is 0. The summed E-state index contributed by atoms with van der Waals surface area (Å²) in [6.45, 7) is 3.92. The summed E-state index contributed by atoms with van der Waals surface area (Å²) in [6, 6.07) is 10.9. The third-order valence-electron chi connectivity index (χ3n) is 3.47. The average molecular weight is 274 g/mol. The Kier molecular flexibility index (Phi) is 4.40. The fourth-order valence-corrected chi connectivity index (χ4v) is 2.31. The van der Waals surface area contributed by atoms with Crippen molar-refractivity contribution < 1.29 is 14.2 Å². The van der Waals surface area contributed by atoms with Crippen molar-refractivity contribution in [2.75, 3.05) is 7.11 Å². The third kappa shape index (κ3) is 2.99. The number of aliphatic hydroxyl groups excluding tert-OH is 1. The Labute approximate surface area is 118 Å². The van der Waals surface area contributed by atoms with E-state index in [-0.39, 0.29) is 12.2 Å². The second kappa shape index (κ2) is 6.06. The highest BCUT2D eigenvalue weighted by Crippen LogP contribution is 2.27. The molecule has 106 valence electrons. The van der Waals surface area contributed by atoms with Gasteiger partial charge in [-0.3, -0.25) is 0 Å². The molecule has 0 heterocycles. The molecule has 0 bridgehead atoms. The Morgan fingerprint density at radius 2 is 1.95 bits per heavy atom. The van der Waals surface area contributed by atoms with Gasteiger partial charge in [-0.2, -0.15) is 0 Å². The number of hydrogen-bond donors (Lipinski definition) is 1.